The lowest BCUT2D eigenvalue weighted by Gasteiger charge is -2.11. The minimum Gasteiger partial charge on any atom is -0.497 e. The van der Waals surface area contributed by atoms with E-state index in [0.717, 1.165) is 48.1 Å². The van der Waals surface area contributed by atoms with E-state index >= 15 is 0 Å². The zero-order valence-corrected chi connectivity index (χ0v) is 15.4. The number of benzene rings is 3. The van der Waals surface area contributed by atoms with Crippen molar-refractivity contribution in [3.63, 3.8) is 0 Å². The van der Waals surface area contributed by atoms with Crippen LogP contribution in [-0.2, 0) is 0 Å². The van der Waals surface area contributed by atoms with Crippen LogP contribution in [0, 0.1) is 11.3 Å². The molecule has 0 radical (unpaired) electrons. The minimum absolute atomic E-state index is 0.659. The molecule has 0 amide bonds. The first-order chi connectivity index (χ1) is 13.3. The molecule has 0 fully saturated rings. The maximum absolute atomic E-state index is 9.35. The van der Waals surface area contributed by atoms with E-state index in [9.17, 15) is 5.26 Å². The first kappa shape index (κ1) is 15.8. The van der Waals surface area contributed by atoms with Crippen molar-refractivity contribution in [1.82, 2.24) is 4.98 Å². The molecular formula is C23H14N2OS. The summed E-state index contributed by atoms with van der Waals surface area (Å²) in [4.78, 5) is 5.90. The highest BCUT2D eigenvalue weighted by molar-refractivity contribution is 7.25. The molecule has 0 aliphatic carbocycles. The molecule has 27 heavy (non-hydrogen) atoms. The predicted octanol–water partition coefficient (Wildman–Crippen LogP) is 6.15. The van der Waals surface area contributed by atoms with Crippen molar-refractivity contribution < 1.29 is 4.74 Å². The Morgan fingerprint density at radius 2 is 1.81 bits per heavy atom. The third-order valence-electron chi connectivity index (χ3n) is 4.81. The number of aromatic nitrogens is 1. The zero-order chi connectivity index (χ0) is 18.4. The van der Waals surface area contributed by atoms with Gasteiger partial charge in [0.15, 0.2) is 0 Å². The Bertz CT molecular complexity index is 1360. The van der Waals surface area contributed by atoms with Crippen LogP contribution in [0.3, 0.4) is 0 Å². The van der Waals surface area contributed by atoms with Gasteiger partial charge in [0.1, 0.15) is 10.6 Å². The quantitative estimate of drug-likeness (QED) is 0.376. The Morgan fingerprint density at radius 3 is 2.59 bits per heavy atom. The van der Waals surface area contributed by atoms with Crippen LogP contribution >= 0.6 is 11.3 Å². The van der Waals surface area contributed by atoms with Gasteiger partial charge >= 0.3 is 0 Å². The predicted molar refractivity (Wildman–Crippen MR) is 111 cm³/mol. The molecule has 3 nitrogen and oxygen atoms in total. The van der Waals surface area contributed by atoms with E-state index in [1.807, 2.05) is 54.6 Å². The molecule has 0 atom stereocenters. The monoisotopic (exact) mass is 366 g/mol. The van der Waals surface area contributed by atoms with Crippen LogP contribution in [0.2, 0.25) is 0 Å². The average molecular weight is 366 g/mol. The molecule has 2 heterocycles. The van der Waals surface area contributed by atoms with Crippen LogP contribution in [0.25, 0.3) is 42.3 Å². The number of ether oxygens (including phenoxy) is 1. The standard InChI is InChI=1S/C23H14N2OS/c1-26-16-8-9-19-17(12-16)21(15-5-3-2-4-6-15)22-18-11-14(13-24)7-10-20(18)27-23(22)25-19/h2-12H,1H3. The summed E-state index contributed by atoms with van der Waals surface area (Å²) in [6.45, 7) is 0. The van der Waals surface area contributed by atoms with E-state index in [4.69, 9.17) is 9.72 Å². The van der Waals surface area contributed by atoms with Gasteiger partial charge in [0.25, 0.3) is 0 Å². The summed E-state index contributed by atoms with van der Waals surface area (Å²) >= 11 is 1.66. The van der Waals surface area contributed by atoms with Crippen molar-refractivity contribution >= 4 is 42.5 Å². The molecule has 0 unspecified atom stereocenters. The molecule has 0 aliphatic rings. The maximum Gasteiger partial charge on any atom is 0.125 e. The van der Waals surface area contributed by atoms with E-state index in [-0.39, 0.29) is 0 Å². The molecular weight excluding hydrogens is 352 g/mol. The molecule has 0 spiro atoms. The number of hydrogen-bond acceptors (Lipinski definition) is 4. The number of hydrogen-bond donors (Lipinski definition) is 0. The second-order valence-corrected chi connectivity index (χ2v) is 7.37. The third kappa shape index (κ3) is 2.44. The van der Waals surface area contributed by atoms with Crippen molar-refractivity contribution in [1.29, 1.82) is 5.26 Å². The van der Waals surface area contributed by atoms with Gasteiger partial charge in [0.05, 0.1) is 24.3 Å². The van der Waals surface area contributed by atoms with Crippen LogP contribution in [0.1, 0.15) is 5.56 Å². The molecule has 4 heteroatoms. The molecule has 5 aromatic rings. The van der Waals surface area contributed by atoms with Gasteiger partial charge in [-0.05, 0) is 42.0 Å². The second kappa shape index (κ2) is 6.08. The summed E-state index contributed by atoms with van der Waals surface area (Å²) < 4.78 is 6.60. The highest BCUT2D eigenvalue weighted by Crippen LogP contribution is 2.43. The average Bonchev–Trinajstić information content (AvgIpc) is 3.09. The molecule has 0 N–H and O–H groups in total. The van der Waals surface area contributed by atoms with Gasteiger partial charge in [-0.25, -0.2) is 4.98 Å². The molecule has 0 aliphatic heterocycles. The van der Waals surface area contributed by atoms with E-state index in [1.165, 1.54) is 0 Å². The SMILES string of the molecule is COc1ccc2nc3sc4ccc(C#N)cc4c3c(-c3ccccc3)c2c1. The number of thiophene rings is 1. The van der Waals surface area contributed by atoms with Crippen molar-refractivity contribution in [3.8, 4) is 22.9 Å². The van der Waals surface area contributed by atoms with Gasteiger partial charge in [-0.3, -0.25) is 0 Å². The maximum atomic E-state index is 9.35. The van der Waals surface area contributed by atoms with Gasteiger partial charge in [-0.2, -0.15) is 5.26 Å². The summed E-state index contributed by atoms with van der Waals surface area (Å²) in [7, 11) is 1.68. The summed E-state index contributed by atoms with van der Waals surface area (Å²) in [5.74, 6) is 0.804. The number of methoxy groups -OCH3 is 1. The lowest BCUT2D eigenvalue weighted by Crippen LogP contribution is -1.89. The number of nitrogens with zero attached hydrogens (tertiary/aromatic N) is 2. The molecule has 0 saturated carbocycles. The Labute approximate surface area is 160 Å². The number of pyridine rings is 1. The molecule has 0 saturated heterocycles. The van der Waals surface area contributed by atoms with Gasteiger partial charge in [0, 0.05) is 26.4 Å². The Balaban J connectivity index is 2.04. The van der Waals surface area contributed by atoms with Crippen molar-refractivity contribution in [2.45, 2.75) is 0 Å². The van der Waals surface area contributed by atoms with Crippen LogP contribution in [0.4, 0.5) is 0 Å². The summed E-state index contributed by atoms with van der Waals surface area (Å²) in [5.41, 5.74) is 3.86. The normalized spacial score (nSPS) is 11.1. The van der Waals surface area contributed by atoms with Crippen molar-refractivity contribution in [2.24, 2.45) is 0 Å². The van der Waals surface area contributed by atoms with Crippen molar-refractivity contribution in [3.05, 3.63) is 72.3 Å². The molecule has 128 valence electrons. The summed E-state index contributed by atoms with van der Waals surface area (Å²) in [6.07, 6.45) is 0. The minimum atomic E-state index is 0.659. The molecule has 5 rings (SSSR count). The third-order valence-corrected chi connectivity index (χ3v) is 5.87. The van der Waals surface area contributed by atoms with Gasteiger partial charge in [0.2, 0.25) is 0 Å². The Kier molecular flexibility index (Phi) is 3.56. The van der Waals surface area contributed by atoms with Gasteiger partial charge in [-0.1, -0.05) is 30.3 Å². The molecule has 3 aromatic carbocycles. The molecule has 2 aromatic heterocycles. The fraction of sp³-hybridized carbons (Fsp3) is 0.0435. The first-order valence-electron chi connectivity index (χ1n) is 8.58. The van der Waals surface area contributed by atoms with E-state index < -0.39 is 0 Å². The second-order valence-electron chi connectivity index (χ2n) is 6.34. The largest absolute Gasteiger partial charge is 0.497 e. The Morgan fingerprint density at radius 1 is 0.963 bits per heavy atom. The summed E-state index contributed by atoms with van der Waals surface area (Å²) in [5, 5.41) is 12.6. The van der Waals surface area contributed by atoms with Gasteiger partial charge in [-0.15, -0.1) is 11.3 Å². The number of fused-ring (bicyclic) bond motifs is 4. The lowest BCUT2D eigenvalue weighted by molar-refractivity contribution is 0.415. The lowest BCUT2D eigenvalue weighted by atomic mass is 9.96. The van der Waals surface area contributed by atoms with Crippen LogP contribution in [0.15, 0.2) is 66.7 Å². The van der Waals surface area contributed by atoms with E-state index in [2.05, 4.69) is 18.2 Å². The highest BCUT2D eigenvalue weighted by atomic mass is 32.1. The fourth-order valence-electron chi connectivity index (χ4n) is 3.56. The fourth-order valence-corrected chi connectivity index (χ4v) is 4.64. The van der Waals surface area contributed by atoms with Gasteiger partial charge < -0.3 is 4.74 Å². The molecule has 0 bridgehead atoms. The first-order valence-corrected chi connectivity index (χ1v) is 9.39. The van der Waals surface area contributed by atoms with Crippen LogP contribution < -0.4 is 4.74 Å². The Hall–Kier alpha value is -3.42. The van der Waals surface area contributed by atoms with E-state index in [1.54, 1.807) is 18.4 Å². The smallest absolute Gasteiger partial charge is 0.125 e. The number of rotatable bonds is 2. The summed E-state index contributed by atoms with van der Waals surface area (Å²) in [6, 6.07) is 24.4. The van der Waals surface area contributed by atoms with E-state index in [0.29, 0.717) is 5.56 Å². The highest BCUT2D eigenvalue weighted by Gasteiger charge is 2.17. The van der Waals surface area contributed by atoms with Crippen molar-refractivity contribution in [2.75, 3.05) is 7.11 Å². The zero-order valence-electron chi connectivity index (χ0n) is 14.6. The van der Waals surface area contributed by atoms with Crippen LogP contribution in [0.5, 0.6) is 5.75 Å². The van der Waals surface area contributed by atoms with Crippen LogP contribution in [-0.4, -0.2) is 12.1 Å². The topological polar surface area (TPSA) is 45.9 Å². The number of nitriles is 1.